The number of rotatable bonds is 2. The summed E-state index contributed by atoms with van der Waals surface area (Å²) < 4.78 is 3.10. The highest BCUT2D eigenvalue weighted by Gasteiger charge is 2.13. The highest BCUT2D eigenvalue weighted by atomic mass is 127. The molecule has 1 aromatic carbocycles. The lowest BCUT2D eigenvalue weighted by molar-refractivity contribution is 0.969. The molecule has 0 aliphatic heterocycles. The van der Waals surface area contributed by atoms with Crippen molar-refractivity contribution >= 4 is 57.0 Å². The van der Waals surface area contributed by atoms with Crippen LogP contribution in [0, 0.1) is 3.57 Å². The quantitative estimate of drug-likeness (QED) is 0.468. The van der Waals surface area contributed by atoms with E-state index in [1.807, 2.05) is 22.8 Å². The van der Waals surface area contributed by atoms with Gasteiger partial charge >= 0.3 is 0 Å². The molecule has 0 fully saturated rings. The SMILES string of the molecule is ClCc1nc2cc(Cl)cnc2n1-c1cccc(I)c1. The number of hydrogen-bond acceptors (Lipinski definition) is 2. The molecule has 6 heteroatoms. The number of alkyl halides is 1. The first-order valence-electron chi connectivity index (χ1n) is 5.54. The van der Waals surface area contributed by atoms with Crippen LogP contribution in [-0.2, 0) is 5.88 Å². The fourth-order valence-corrected chi connectivity index (χ4v) is 2.82. The highest BCUT2D eigenvalue weighted by Crippen LogP contribution is 2.24. The predicted molar refractivity (Wildman–Crippen MR) is 86.1 cm³/mol. The van der Waals surface area contributed by atoms with Gasteiger partial charge in [0.05, 0.1) is 10.9 Å². The van der Waals surface area contributed by atoms with Crippen LogP contribution in [-0.4, -0.2) is 14.5 Å². The lowest BCUT2D eigenvalue weighted by Gasteiger charge is -2.07. The van der Waals surface area contributed by atoms with Crippen LogP contribution < -0.4 is 0 Å². The maximum atomic E-state index is 5.99. The van der Waals surface area contributed by atoms with Gasteiger partial charge in [0, 0.05) is 15.5 Å². The van der Waals surface area contributed by atoms with Crippen LogP contribution in [0.3, 0.4) is 0 Å². The summed E-state index contributed by atoms with van der Waals surface area (Å²) in [6.07, 6.45) is 1.62. The predicted octanol–water partition coefficient (Wildman–Crippen LogP) is 4.42. The molecule has 0 atom stereocenters. The summed E-state index contributed by atoms with van der Waals surface area (Å²) in [5.41, 5.74) is 2.52. The third-order valence-corrected chi connectivity index (χ3v) is 3.84. The van der Waals surface area contributed by atoms with Crippen LogP contribution in [0.15, 0.2) is 36.5 Å². The molecule has 96 valence electrons. The monoisotopic (exact) mass is 403 g/mol. The van der Waals surface area contributed by atoms with Crippen molar-refractivity contribution in [2.45, 2.75) is 5.88 Å². The molecule has 0 unspecified atom stereocenters. The summed E-state index contributed by atoms with van der Waals surface area (Å²) in [5, 5.41) is 0.570. The molecule has 0 saturated heterocycles. The summed E-state index contributed by atoms with van der Waals surface area (Å²) in [5.74, 6) is 1.08. The molecule has 0 radical (unpaired) electrons. The van der Waals surface area contributed by atoms with Crippen LogP contribution >= 0.6 is 45.8 Å². The third kappa shape index (κ3) is 2.44. The molecule has 3 aromatic rings. The van der Waals surface area contributed by atoms with E-state index >= 15 is 0 Å². The van der Waals surface area contributed by atoms with Crippen LogP contribution in [0.1, 0.15) is 5.82 Å². The Hall–Kier alpha value is -0.850. The topological polar surface area (TPSA) is 30.7 Å². The number of benzene rings is 1. The second-order valence-electron chi connectivity index (χ2n) is 3.97. The number of hydrogen-bond donors (Lipinski definition) is 0. The van der Waals surface area contributed by atoms with Gasteiger partial charge in [-0.3, -0.25) is 4.57 Å². The van der Waals surface area contributed by atoms with Crippen molar-refractivity contribution < 1.29 is 0 Å². The first-order chi connectivity index (χ1) is 9.19. The molecule has 3 nitrogen and oxygen atoms in total. The van der Waals surface area contributed by atoms with Crippen molar-refractivity contribution in [3.63, 3.8) is 0 Å². The summed E-state index contributed by atoms with van der Waals surface area (Å²) in [7, 11) is 0. The average molecular weight is 404 g/mol. The van der Waals surface area contributed by atoms with Crippen molar-refractivity contribution in [2.24, 2.45) is 0 Å². The number of fused-ring (bicyclic) bond motifs is 1. The number of pyridine rings is 1. The van der Waals surface area contributed by atoms with Gasteiger partial charge in [0.25, 0.3) is 0 Å². The van der Waals surface area contributed by atoms with Crippen molar-refractivity contribution in [2.75, 3.05) is 0 Å². The maximum Gasteiger partial charge on any atom is 0.164 e. The lowest BCUT2D eigenvalue weighted by atomic mass is 10.3. The number of nitrogens with zero attached hydrogens (tertiary/aromatic N) is 3. The highest BCUT2D eigenvalue weighted by molar-refractivity contribution is 14.1. The molecule has 2 heterocycles. The Morgan fingerprint density at radius 1 is 1.26 bits per heavy atom. The summed E-state index contributed by atoms with van der Waals surface area (Å²) in [4.78, 5) is 8.84. The van der Waals surface area contributed by atoms with E-state index < -0.39 is 0 Å². The van der Waals surface area contributed by atoms with Crippen LogP contribution in [0.4, 0.5) is 0 Å². The molecule has 0 amide bonds. The minimum atomic E-state index is 0.319. The van der Waals surface area contributed by atoms with E-state index in [9.17, 15) is 0 Å². The minimum Gasteiger partial charge on any atom is -0.280 e. The van der Waals surface area contributed by atoms with E-state index in [1.54, 1.807) is 12.3 Å². The van der Waals surface area contributed by atoms with Crippen molar-refractivity contribution in [3.8, 4) is 5.69 Å². The summed E-state index contributed by atoms with van der Waals surface area (Å²) >= 11 is 14.2. The van der Waals surface area contributed by atoms with Crippen LogP contribution in [0.5, 0.6) is 0 Å². The molecular formula is C13H8Cl2IN3. The Labute approximate surface area is 133 Å². The second-order valence-corrected chi connectivity index (χ2v) is 5.92. The molecule has 19 heavy (non-hydrogen) atoms. The smallest absolute Gasteiger partial charge is 0.164 e. The fraction of sp³-hybridized carbons (Fsp3) is 0.0769. The molecule has 0 saturated carbocycles. The second kappa shape index (κ2) is 5.26. The van der Waals surface area contributed by atoms with Crippen molar-refractivity contribution in [1.29, 1.82) is 0 Å². The van der Waals surface area contributed by atoms with Gasteiger partial charge in [0.2, 0.25) is 0 Å². The van der Waals surface area contributed by atoms with Gasteiger partial charge < -0.3 is 0 Å². The molecule has 3 rings (SSSR count). The van der Waals surface area contributed by atoms with Gasteiger partial charge in [0.1, 0.15) is 11.3 Å². The summed E-state index contributed by atoms with van der Waals surface area (Å²) in [6.45, 7) is 0. The minimum absolute atomic E-state index is 0.319. The van der Waals surface area contributed by atoms with E-state index in [-0.39, 0.29) is 0 Å². The first-order valence-corrected chi connectivity index (χ1v) is 7.53. The molecule has 0 aliphatic rings. The lowest BCUT2D eigenvalue weighted by Crippen LogP contribution is -2.00. The van der Waals surface area contributed by atoms with Gasteiger partial charge in [-0.05, 0) is 46.9 Å². The van der Waals surface area contributed by atoms with Gasteiger partial charge in [-0.25, -0.2) is 9.97 Å². The molecular weight excluding hydrogens is 396 g/mol. The Bertz CT molecular complexity index is 755. The van der Waals surface area contributed by atoms with E-state index in [4.69, 9.17) is 23.2 Å². The van der Waals surface area contributed by atoms with E-state index in [1.165, 1.54) is 0 Å². The van der Waals surface area contributed by atoms with Crippen molar-refractivity contribution in [1.82, 2.24) is 14.5 Å². The van der Waals surface area contributed by atoms with Crippen LogP contribution in [0.2, 0.25) is 5.02 Å². The zero-order chi connectivity index (χ0) is 13.4. The molecule has 0 N–H and O–H groups in total. The summed E-state index contributed by atoms with van der Waals surface area (Å²) in [6, 6.07) is 9.90. The van der Waals surface area contributed by atoms with Crippen LogP contribution in [0.25, 0.3) is 16.9 Å². The molecule has 0 aliphatic carbocycles. The fourth-order valence-electron chi connectivity index (χ4n) is 1.96. The number of imidazole rings is 1. The standard InChI is InChI=1S/C13H8Cl2IN3/c14-6-12-18-11-4-8(15)7-17-13(11)19(12)10-3-1-2-9(16)5-10/h1-5,7H,6H2. The first kappa shape index (κ1) is 13.1. The Balaban J connectivity index is 2.32. The Kier molecular flexibility index (Phi) is 3.64. The Morgan fingerprint density at radius 2 is 2.11 bits per heavy atom. The van der Waals surface area contributed by atoms with Gasteiger partial charge in [-0.1, -0.05) is 17.7 Å². The molecule has 2 aromatic heterocycles. The van der Waals surface area contributed by atoms with E-state index in [0.29, 0.717) is 10.9 Å². The molecule has 0 bridgehead atoms. The van der Waals surface area contributed by atoms with Gasteiger partial charge in [-0.15, -0.1) is 11.6 Å². The maximum absolute atomic E-state index is 5.99. The van der Waals surface area contributed by atoms with Gasteiger partial charge in [0.15, 0.2) is 5.65 Å². The van der Waals surface area contributed by atoms with Gasteiger partial charge in [-0.2, -0.15) is 0 Å². The zero-order valence-corrected chi connectivity index (χ0v) is 13.3. The number of aromatic nitrogens is 3. The zero-order valence-electron chi connectivity index (χ0n) is 9.65. The molecule has 0 spiro atoms. The average Bonchev–Trinajstić information content (AvgIpc) is 2.76. The third-order valence-electron chi connectivity index (χ3n) is 2.72. The van der Waals surface area contributed by atoms with Crippen molar-refractivity contribution in [3.05, 3.63) is 50.9 Å². The Morgan fingerprint density at radius 3 is 2.84 bits per heavy atom. The van der Waals surface area contributed by atoms with E-state index in [0.717, 1.165) is 26.2 Å². The van der Waals surface area contributed by atoms with E-state index in [2.05, 4.69) is 38.6 Å². The number of halogens is 3. The largest absolute Gasteiger partial charge is 0.280 e. The normalized spacial score (nSPS) is 11.1.